The van der Waals surface area contributed by atoms with Gasteiger partial charge in [-0.25, -0.2) is 9.59 Å². The molecule has 0 bridgehead atoms. The normalized spacial score (nSPS) is 19.3. The molecule has 3 heterocycles. The zero-order chi connectivity index (χ0) is 24.6. The van der Waals surface area contributed by atoms with Crippen molar-refractivity contribution in [3.63, 3.8) is 0 Å². The second kappa shape index (κ2) is 11.5. The third kappa shape index (κ3) is 9.07. The molecule has 2 aliphatic rings. The van der Waals surface area contributed by atoms with Crippen molar-refractivity contribution in [3.05, 3.63) is 24.2 Å². The maximum Gasteiger partial charge on any atom is 0.490 e. The number of alkyl halides is 6. The molecule has 0 radical (unpaired) electrons. The highest BCUT2D eigenvalue weighted by Crippen LogP contribution is 2.36. The van der Waals surface area contributed by atoms with Gasteiger partial charge in [0, 0.05) is 18.6 Å². The molecule has 7 nitrogen and oxygen atoms in total. The van der Waals surface area contributed by atoms with E-state index >= 15 is 0 Å². The molecule has 2 aliphatic heterocycles. The molecule has 1 aromatic rings. The summed E-state index contributed by atoms with van der Waals surface area (Å²) in [7, 11) is 2.32. The number of likely N-dealkylation sites (tertiary alicyclic amines) is 2. The fourth-order valence-electron chi connectivity index (χ4n) is 3.61. The van der Waals surface area contributed by atoms with E-state index in [0.717, 1.165) is 12.3 Å². The van der Waals surface area contributed by atoms with E-state index in [1.165, 1.54) is 51.7 Å². The summed E-state index contributed by atoms with van der Waals surface area (Å²) in [5.74, 6) is -4.41. The Labute approximate surface area is 180 Å². The lowest BCUT2D eigenvalue weighted by atomic mass is 9.79. The van der Waals surface area contributed by atoms with Gasteiger partial charge >= 0.3 is 24.3 Å². The number of hydrogen-bond donors (Lipinski definition) is 2. The Morgan fingerprint density at radius 1 is 0.969 bits per heavy atom. The summed E-state index contributed by atoms with van der Waals surface area (Å²) in [6.45, 7) is 4.70. The Balaban J connectivity index is 0.000000305. The summed E-state index contributed by atoms with van der Waals surface area (Å²) in [5.41, 5.74) is 0.512. The van der Waals surface area contributed by atoms with E-state index in [-0.39, 0.29) is 0 Å². The monoisotopic (exact) mass is 476 g/mol. The van der Waals surface area contributed by atoms with Crippen LogP contribution in [0.25, 0.3) is 0 Å². The van der Waals surface area contributed by atoms with E-state index in [0.29, 0.717) is 5.54 Å². The van der Waals surface area contributed by atoms with Crippen LogP contribution in [-0.2, 0) is 16.1 Å². The van der Waals surface area contributed by atoms with E-state index in [1.807, 2.05) is 6.07 Å². The maximum absolute atomic E-state index is 10.6. The molecule has 184 valence electrons. The van der Waals surface area contributed by atoms with Gasteiger partial charge in [0.1, 0.15) is 5.76 Å². The average Bonchev–Trinajstić information content (AvgIpc) is 3.19. The lowest BCUT2D eigenvalue weighted by molar-refractivity contribution is -0.193. The van der Waals surface area contributed by atoms with E-state index in [4.69, 9.17) is 24.2 Å². The number of rotatable bonds is 2. The van der Waals surface area contributed by atoms with E-state index in [2.05, 4.69) is 22.9 Å². The molecule has 2 fully saturated rings. The minimum atomic E-state index is -5.08. The van der Waals surface area contributed by atoms with Crippen LogP contribution in [-0.4, -0.2) is 76.5 Å². The van der Waals surface area contributed by atoms with Gasteiger partial charge in [0.15, 0.2) is 0 Å². The highest BCUT2D eigenvalue weighted by molar-refractivity contribution is 5.73. The number of carboxylic acids is 2. The first-order chi connectivity index (χ1) is 14.7. The largest absolute Gasteiger partial charge is 0.490 e. The number of furan rings is 1. The summed E-state index contributed by atoms with van der Waals surface area (Å²) in [5, 5.41) is 14.2. The first-order valence-corrected chi connectivity index (χ1v) is 9.73. The number of aliphatic carboxylic acids is 2. The average molecular weight is 476 g/mol. The molecule has 13 heteroatoms. The van der Waals surface area contributed by atoms with Crippen molar-refractivity contribution in [1.82, 2.24) is 9.80 Å². The highest BCUT2D eigenvalue weighted by atomic mass is 19.4. The SMILES string of the molecule is CN1CCCCC12CCN(Cc1ccco1)CC2.O=C(O)C(F)(F)F.O=C(O)C(F)(F)F. The first kappa shape index (κ1) is 27.8. The standard InChI is InChI=1S/C15H24N2O.2C2HF3O2/c1-16-9-3-2-6-15(16)7-10-17(11-8-15)13-14-5-4-12-18-14;2*3-2(4,5)1(6)7/h4-5,12H,2-3,6-11,13H2,1H3;2*(H,6,7). The van der Waals surface area contributed by atoms with Crippen molar-refractivity contribution < 1.29 is 50.6 Å². The van der Waals surface area contributed by atoms with Crippen molar-refractivity contribution in [2.45, 2.75) is 56.5 Å². The Kier molecular flexibility index (Phi) is 10.0. The highest BCUT2D eigenvalue weighted by Gasteiger charge is 2.40. The molecule has 3 rings (SSSR count). The van der Waals surface area contributed by atoms with Crippen LogP contribution in [0.4, 0.5) is 26.3 Å². The molecule has 0 amide bonds. The molecule has 32 heavy (non-hydrogen) atoms. The van der Waals surface area contributed by atoms with Gasteiger partial charge in [0.25, 0.3) is 0 Å². The van der Waals surface area contributed by atoms with Crippen LogP contribution >= 0.6 is 0 Å². The Morgan fingerprint density at radius 3 is 1.84 bits per heavy atom. The molecule has 1 spiro atoms. The van der Waals surface area contributed by atoms with Crippen LogP contribution in [0.2, 0.25) is 0 Å². The van der Waals surface area contributed by atoms with E-state index < -0.39 is 24.3 Å². The van der Waals surface area contributed by atoms with Crippen molar-refractivity contribution in [2.24, 2.45) is 0 Å². The van der Waals surface area contributed by atoms with Crippen molar-refractivity contribution in [1.29, 1.82) is 0 Å². The zero-order valence-electron chi connectivity index (χ0n) is 17.4. The van der Waals surface area contributed by atoms with E-state index in [1.54, 1.807) is 6.26 Å². The second-order valence-electron chi connectivity index (χ2n) is 7.56. The number of carboxylic acid groups (broad SMARTS) is 2. The summed E-state index contributed by atoms with van der Waals surface area (Å²) in [6.07, 6.45) is -1.54. The molecule has 0 aliphatic carbocycles. The Hall–Kier alpha value is -2.28. The van der Waals surface area contributed by atoms with Gasteiger partial charge in [-0.1, -0.05) is 6.42 Å². The minimum absolute atomic E-state index is 0.512. The molecule has 1 aromatic heterocycles. The summed E-state index contributed by atoms with van der Waals surface area (Å²) < 4.78 is 68.9. The quantitative estimate of drug-likeness (QED) is 0.624. The molecule has 2 saturated heterocycles. The van der Waals surface area contributed by atoms with Crippen molar-refractivity contribution in [2.75, 3.05) is 26.7 Å². The predicted octanol–water partition coefficient (Wildman–Crippen LogP) is 4.00. The van der Waals surface area contributed by atoms with Gasteiger partial charge in [-0.2, -0.15) is 26.3 Å². The van der Waals surface area contributed by atoms with Crippen LogP contribution in [0, 0.1) is 0 Å². The zero-order valence-corrected chi connectivity index (χ0v) is 17.4. The third-order valence-electron chi connectivity index (χ3n) is 5.43. The fourth-order valence-corrected chi connectivity index (χ4v) is 3.61. The molecule has 0 unspecified atom stereocenters. The van der Waals surface area contributed by atoms with Gasteiger partial charge < -0.3 is 19.5 Å². The molecular formula is C19H26F6N2O5. The Morgan fingerprint density at radius 2 is 1.47 bits per heavy atom. The predicted molar refractivity (Wildman–Crippen MR) is 99.8 cm³/mol. The van der Waals surface area contributed by atoms with Crippen LogP contribution in [0.5, 0.6) is 0 Å². The molecule has 2 N–H and O–H groups in total. The first-order valence-electron chi connectivity index (χ1n) is 9.73. The lowest BCUT2D eigenvalue weighted by Gasteiger charge is -2.50. The van der Waals surface area contributed by atoms with Crippen molar-refractivity contribution in [3.8, 4) is 0 Å². The van der Waals surface area contributed by atoms with Crippen LogP contribution in [0.1, 0.15) is 37.9 Å². The summed E-state index contributed by atoms with van der Waals surface area (Å²) in [4.78, 5) is 23.0. The van der Waals surface area contributed by atoms with Gasteiger partial charge in [0.05, 0.1) is 12.8 Å². The minimum Gasteiger partial charge on any atom is -0.475 e. The lowest BCUT2D eigenvalue weighted by Crippen LogP contribution is -2.55. The summed E-state index contributed by atoms with van der Waals surface area (Å²) in [6, 6.07) is 4.06. The topological polar surface area (TPSA) is 94.2 Å². The number of carbonyl (C=O) groups is 2. The van der Waals surface area contributed by atoms with Gasteiger partial charge in [-0.05, 0) is 51.4 Å². The number of piperidine rings is 2. The third-order valence-corrected chi connectivity index (χ3v) is 5.43. The number of hydrogen-bond acceptors (Lipinski definition) is 5. The smallest absolute Gasteiger partial charge is 0.475 e. The van der Waals surface area contributed by atoms with Gasteiger partial charge in [-0.3, -0.25) is 4.90 Å². The molecule has 0 aromatic carbocycles. The van der Waals surface area contributed by atoms with Crippen LogP contribution in [0.15, 0.2) is 22.8 Å². The summed E-state index contributed by atoms with van der Waals surface area (Å²) >= 11 is 0. The molecule has 0 atom stereocenters. The second-order valence-corrected chi connectivity index (χ2v) is 7.56. The van der Waals surface area contributed by atoms with Crippen molar-refractivity contribution >= 4 is 11.9 Å². The maximum atomic E-state index is 10.6. The number of nitrogens with zero attached hydrogens (tertiary/aromatic N) is 2. The van der Waals surface area contributed by atoms with Gasteiger partial charge in [0.2, 0.25) is 0 Å². The molecule has 0 saturated carbocycles. The number of halogens is 6. The van der Waals surface area contributed by atoms with Crippen LogP contribution in [0.3, 0.4) is 0 Å². The fraction of sp³-hybridized carbons (Fsp3) is 0.684. The Bertz CT molecular complexity index is 689. The van der Waals surface area contributed by atoms with Gasteiger partial charge in [-0.15, -0.1) is 0 Å². The van der Waals surface area contributed by atoms with Crippen LogP contribution < -0.4 is 0 Å². The molecular weight excluding hydrogens is 450 g/mol. The van der Waals surface area contributed by atoms with E-state index in [9.17, 15) is 26.3 Å².